The number of aromatic nitrogens is 3. The van der Waals surface area contributed by atoms with E-state index in [0.717, 1.165) is 11.3 Å². The van der Waals surface area contributed by atoms with Gasteiger partial charge in [-0.15, -0.1) is 0 Å². The molecule has 1 amide bonds. The van der Waals surface area contributed by atoms with Crippen molar-refractivity contribution in [3.8, 4) is 0 Å². The Bertz CT molecular complexity index is 893. The molecule has 0 bridgehead atoms. The van der Waals surface area contributed by atoms with Gasteiger partial charge in [-0.05, 0) is 18.6 Å². The Balaban J connectivity index is 0.00000126. The molecule has 3 heterocycles. The summed E-state index contributed by atoms with van der Waals surface area (Å²) in [6, 6.07) is 1.59. The standard InChI is InChI=1S/C18H20N6O.C2H6/c1-4-7-13(8-5-2)16-15(12-23(3)22-16)21-18(25)14-11-20-24-10-6-9-19-17(14)24;1-2/h4-12,16,22H,1H2,2-3H3,(H,21,25);1-2H3/b8-5-,13-7+;. The van der Waals surface area contributed by atoms with Gasteiger partial charge in [0.25, 0.3) is 5.91 Å². The third-order valence-corrected chi connectivity index (χ3v) is 3.76. The molecule has 142 valence electrons. The molecule has 0 saturated heterocycles. The molecular formula is C20H26N6O. The van der Waals surface area contributed by atoms with Crippen LogP contribution in [-0.2, 0) is 0 Å². The number of allylic oxidation sites excluding steroid dienone is 3. The van der Waals surface area contributed by atoms with Crippen molar-refractivity contribution in [3.05, 3.63) is 78.6 Å². The molecule has 27 heavy (non-hydrogen) atoms. The Morgan fingerprint density at radius 2 is 2.19 bits per heavy atom. The molecular weight excluding hydrogens is 340 g/mol. The largest absolute Gasteiger partial charge is 0.322 e. The second-order valence-electron chi connectivity index (χ2n) is 5.56. The Kier molecular flexibility index (Phi) is 7.08. The third kappa shape index (κ3) is 4.51. The summed E-state index contributed by atoms with van der Waals surface area (Å²) < 4.78 is 1.57. The van der Waals surface area contributed by atoms with Gasteiger partial charge >= 0.3 is 0 Å². The van der Waals surface area contributed by atoms with Gasteiger partial charge in [0, 0.05) is 25.6 Å². The molecule has 0 saturated carbocycles. The van der Waals surface area contributed by atoms with Crippen LogP contribution in [0.3, 0.4) is 0 Å². The first kappa shape index (κ1) is 20.1. The number of carbonyl (C=O) groups excluding carboxylic acids is 1. The molecule has 1 aliphatic heterocycles. The highest BCUT2D eigenvalue weighted by Crippen LogP contribution is 2.19. The third-order valence-electron chi connectivity index (χ3n) is 3.76. The first-order valence-electron chi connectivity index (χ1n) is 8.89. The van der Waals surface area contributed by atoms with Gasteiger partial charge < -0.3 is 10.3 Å². The van der Waals surface area contributed by atoms with Crippen LogP contribution in [0, 0.1) is 0 Å². The number of hydrogen-bond donors (Lipinski definition) is 2. The van der Waals surface area contributed by atoms with Gasteiger partial charge in [0.2, 0.25) is 0 Å². The van der Waals surface area contributed by atoms with Crippen molar-refractivity contribution in [2.75, 3.05) is 7.05 Å². The van der Waals surface area contributed by atoms with Crippen LogP contribution in [0.25, 0.3) is 5.65 Å². The summed E-state index contributed by atoms with van der Waals surface area (Å²) in [5.74, 6) is -0.250. The van der Waals surface area contributed by atoms with Gasteiger partial charge in [-0.3, -0.25) is 4.79 Å². The molecule has 7 heteroatoms. The van der Waals surface area contributed by atoms with E-state index >= 15 is 0 Å². The molecule has 2 aromatic heterocycles. The van der Waals surface area contributed by atoms with Crippen molar-refractivity contribution in [3.63, 3.8) is 0 Å². The minimum absolute atomic E-state index is 0.169. The minimum atomic E-state index is -0.250. The average molecular weight is 366 g/mol. The number of amides is 1. The van der Waals surface area contributed by atoms with E-state index in [1.807, 2.05) is 57.3 Å². The molecule has 1 unspecified atom stereocenters. The van der Waals surface area contributed by atoms with Crippen molar-refractivity contribution in [1.29, 1.82) is 0 Å². The number of rotatable bonds is 5. The first-order chi connectivity index (χ1) is 13.1. The van der Waals surface area contributed by atoms with Crippen LogP contribution in [0.15, 0.2) is 73.0 Å². The lowest BCUT2D eigenvalue weighted by molar-refractivity contribution is 0.0965. The van der Waals surface area contributed by atoms with Crippen LogP contribution in [-0.4, -0.2) is 38.6 Å². The highest BCUT2D eigenvalue weighted by molar-refractivity contribution is 6.00. The number of nitrogens with zero attached hydrogens (tertiary/aromatic N) is 4. The lowest BCUT2D eigenvalue weighted by Gasteiger charge is -2.18. The normalized spacial score (nSPS) is 16.9. The van der Waals surface area contributed by atoms with Gasteiger partial charge in [-0.25, -0.2) is 14.9 Å². The maximum atomic E-state index is 12.7. The number of nitrogens with one attached hydrogen (secondary N) is 2. The monoisotopic (exact) mass is 366 g/mol. The lowest BCUT2D eigenvalue weighted by atomic mass is 10.0. The van der Waals surface area contributed by atoms with Gasteiger partial charge in [0.15, 0.2) is 5.65 Å². The smallest absolute Gasteiger partial charge is 0.261 e. The van der Waals surface area contributed by atoms with E-state index in [9.17, 15) is 4.79 Å². The summed E-state index contributed by atoms with van der Waals surface area (Å²) in [4.78, 5) is 16.9. The SMILES string of the molecule is C=C/C=C(\C=C/C)C1NN(C)C=C1NC(=O)c1cnn2cccnc12.CC. The van der Waals surface area contributed by atoms with Crippen LogP contribution >= 0.6 is 0 Å². The van der Waals surface area contributed by atoms with Crippen LogP contribution in [0.5, 0.6) is 0 Å². The Hall–Kier alpha value is -3.19. The van der Waals surface area contributed by atoms with E-state index in [1.54, 1.807) is 29.1 Å². The van der Waals surface area contributed by atoms with Crippen molar-refractivity contribution in [2.45, 2.75) is 26.8 Å². The summed E-state index contributed by atoms with van der Waals surface area (Å²) in [6.45, 7) is 9.70. The average Bonchev–Trinajstić information content (AvgIpc) is 3.26. The van der Waals surface area contributed by atoms with Gasteiger partial charge in [-0.2, -0.15) is 5.10 Å². The van der Waals surface area contributed by atoms with Crippen LogP contribution in [0.2, 0.25) is 0 Å². The molecule has 0 fully saturated rings. The summed E-state index contributed by atoms with van der Waals surface area (Å²) in [5.41, 5.74) is 5.97. The number of fused-ring (bicyclic) bond motifs is 1. The molecule has 0 aliphatic carbocycles. The molecule has 3 rings (SSSR count). The molecule has 0 spiro atoms. The molecule has 0 aromatic carbocycles. The number of carbonyl (C=O) groups is 1. The highest BCUT2D eigenvalue weighted by atomic mass is 16.1. The molecule has 2 aromatic rings. The topological polar surface area (TPSA) is 74.6 Å². The quantitative estimate of drug-likeness (QED) is 0.796. The van der Waals surface area contributed by atoms with Crippen LogP contribution < -0.4 is 10.7 Å². The summed E-state index contributed by atoms with van der Waals surface area (Å²) in [7, 11) is 1.88. The van der Waals surface area contributed by atoms with E-state index in [-0.39, 0.29) is 11.9 Å². The lowest BCUT2D eigenvalue weighted by Crippen LogP contribution is -2.38. The maximum absolute atomic E-state index is 12.7. The van der Waals surface area contributed by atoms with E-state index in [0.29, 0.717) is 11.2 Å². The zero-order chi connectivity index (χ0) is 19.8. The second-order valence-corrected chi connectivity index (χ2v) is 5.56. The fourth-order valence-electron chi connectivity index (χ4n) is 2.71. The Morgan fingerprint density at radius 1 is 1.41 bits per heavy atom. The van der Waals surface area contributed by atoms with Gasteiger partial charge in [0.1, 0.15) is 5.56 Å². The fourth-order valence-corrected chi connectivity index (χ4v) is 2.71. The van der Waals surface area contributed by atoms with E-state index < -0.39 is 0 Å². The van der Waals surface area contributed by atoms with E-state index in [4.69, 9.17) is 0 Å². The van der Waals surface area contributed by atoms with Crippen molar-refractivity contribution in [1.82, 2.24) is 30.3 Å². The zero-order valence-corrected chi connectivity index (χ0v) is 16.2. The summed E-state index contributed by atoms with van der Waals surface area (Å²) in [6.07, 6.45) is 14.3. The number of hydrazine groups is 1. The highest BCUT2D eigenvalue weighted by Gasteiger charge is 2.27. The summed E-state index contributed by atoms with van der Waals surface area (Å²) >= 11 is 0. The predicted octanol–water partition coefficient (Wildman–Crippen LogP) is 2.83. The predicted molar refractivity (Wildman–Crippen MR) is 108 cm³/mol. The fraction of sp³-hybridized carbons (Fsp3) is 0.250. The molecule has 2 N–H and O–H groups in total. The van der Waals surface area contributed by atoms with Crippen molar-refractivity contribution >= 4 is 11.6 Å². The van der Waals surface area contributed by atoms with Crippen LogP contribution in [0.1, 0.15) is 31.1 Å². The Labute approximate surface area is 159 Å². The number of hydrogen-bond acceptors (Lipinski definition) is 5. The van der Waals surface area contributed by atoms with E-state index in [2.05, 4.69) is 27.4 Å². The summed E-state index contributed by atoms with van der Waals surface area (Å²) in [5, 5.41) is 8.94. The van der Waals surface area contributed by atoms with E-state index in [1.165, 1.54) is 6.20 Å². The van der Waals surface area contributed by atoms with Crippen LogP contribution in [0.4, 0.5) is 0 Å². The molecule has 1 aliphatic rings. The van der Waals surface area contributed by atoms with Gasteiger partial charge in [0.05, 0.1) is 17.9 Å². The maximum Gasteiger partial charge on any atom is 0.261 e. The minimum Gasteiger partial charge on any atom is -0.322 e. The molecule has 1 atom stereocenters. The van der Waals surface area contributed by atoms with Crippen molar-refractivity contribution < 1.29 is 4.79 Å². The first-order valence-corrected chi connectivity index (χ1v) is 8.89. The van der Waals surface area contributed by atoms with Gasteiger partial charge in [-0.1, -0.05) is 44.7 Å². The molecule has 0 radical (unpaired) electrons. The molecule has 7 nitrogen and oxygen atoms in total. The zero-order valence-electron chi connectivity index (χ0n) is 16.2. The second kappa shape index (κ2) is 9.49. The Morgan fingerprint density at radius 3 is 2.89 bits per heavy atom. The van der Waals surface area contributed by atoms with Crippen molar-refractivity contribution in [2.24, 2.45) is 0 Å².